The molecule has 0 heterocycles. The molecule has 0 saturated heterocycles. The van der Waals surface area contributed by atoms with Crippen LogP contribution in [0.1, 0.15) is 22.8 Å². The van der Waals surface area contributed by atoms with Crippen LogP contribution >= 0.6 is 27.5 Å². The van der Waals surface area contributed by atoms with Gasteiger partial charge in [-0.05, 0) is 19.1 Å². The van der Waals surface area contributed by atoms with Crippen molar-refractivity contribution in [1.82, 2.24) is 0 Å². The summed E-state index contributed by atoms with van der Waals surface area (Å²) in [5.41, 5.74) is 0.889. The Kier molecular flexibility index (Phi) is 3.33. The molecule has 0 aliphatic heterocycles. The van der Waals surface area contributed by atoms with Crippen LogP contribution in [0.25, 0.3) is 0 Å². The largest absolute Gasteiger partial charge is 0.507 e. The highest BCUT2D eigenvalue weighted by Crippen LogP contribution is 2.28. The van der Waals surface area contributed by atoms with Gasteiger partial charge < -0.3 is 5.11 Å². The SMILES string of the molecule is CC(=O)c1cc(Cl)cc(CBr)c1O. The van der Waals surface area contributed by atoms with E-state index in [1.54, 1.807) is 6.07 Å². The zero-order valence-electron chi connectivity index (χ0n) is 6.97. The van der Waals surface area contributed by atoms with E-state index in [-0.39, 0.29) is 17.1 Å². The van der Waals surface area contributed by atoms with Crippen LogP contribution in [-0.2, 0) is 5.33 Å². The van der Waals surface area contributed by atoms with Crippen LogP contribution < -0.4 is 0 Å². The minimum Gasteiger partial charge on any atom is -0.507 e. The molecule has 0 aliphatic carbocycles. The minimum absolute atomic E-state index is 0.00813. The number of hydrogen-bond donors (Lipinski definition) is 1. The summed E-state index contributed by atoms with van der Waals surface area (Å²) in [5.74, 6) is -0.184. The minimum atomic E-state index is -0.192. The van der Waals surface area contributed by atoms with Crippen LogP contribution in [0.15, 0.2) is 12.1 Å². The Labute approximate surface area is 89.7 Å². The summed E-state index contributed by atoms with van der Waals surface area (Å²) in [6.45, 7) is 1.39. The molecule has 1 aromatic rings. The number of carbonyl (C=O) groups is 1. The van der Waals surface area contributed by atoms with Crippen LogP contribution in [0.5, 0.6) is 5.75 Å². The van der Waals surface area contributed by atoms with E-state index in [9.17, 15) is 9.90 Å². The van der Waals surface area contributed by atoms with E-state index in [4.69, 9.17) is 11.6 Å². The number of phenolic OH excluding ortho intramolecular Hbond substituents is 1. The van der Waals surface area contributed by atoms with Gasteiger partial charge in [0, 0.05) is 15.9 Å². The Bertz CT molecular complexity index is 350. The highest BCUT2D eigenvalue weighted by molar-refractivity contribution is 9.08. The Balaban J connectivity index is 3.35. The molecule has 0 amide bonds. The zero-order chi connectivity index (χ0) is 10.0. The van der Waals surface area contributed by atoms with Gasteiger partial charge in [-0.1, -0.05) is 27.5 Å². The molecule has 2 nitrogen and oxygen atoms in total. The third kappa shape index (κ3) is 2.23. The maximum Gasteiger partial charge on any atom is 0.163 e. The molecule has 0 spiro atoms. The van der Waals surface area contributed by atoms with Crippen LogP contribution in [0, 0.1) is 0 Å². The van der Waals surface area contributed by atoms with Crippen molar-refractivity contribution in [3.05, 3.63) is 28.3 Å². The van der Waals surface area contributed by atoms with E-state index in [0.717, 1.165) is 0 Å². The van der Waals surface area contributed by atoms with Gasteiger partial charge in [0.1, 0.15) is 5.75 Å². The molecule has 13 heavy (non-hydrogen) atoms. The quantitative estimate of drug-likeness (QED) is 0.657. The standard InChI is InChI=1S/C9H8BrClO2/c1-5(12)8-3-7(11)2-6(4-10)9(8)13/h2-3,13H,4H2,1H3. The number of hydrogen-bond acceptors (Lipinski definition) is 2. The summed E-state index contributed by atoms with van der Waals surface area (Å²) in [5, 5.41) is 10.5. The fraction of sp³-hybridized carbons (Fsp3) is 0.222. The van der Waals surface area contributed by atoms with Crippen LogP contribution in [0.4, 0.5) is 0 Å². The van der Waals surface area contributed by atoms with Gasteiger partial charge in [-0.15, -0.1) is 0 Å². The van der Waals surface area contributed by atoms with Crippen molar-refractivity contribution in [3.63, 3.8) is 0 Å². The van der Waals surface area contributed by atoms with Crippen LogP contribution in [-0.4, -0.2) is 10.9 Å². The highest BCUT2D eigenvalue weighted by Gasteiger charge is 2.11. The normalized spacial score (nSPS) is 10.1. The fourth-order valence-electron chi connectivity index (χ4n) is 1.03. The first kappa shape index (κ1) is 10.5. The Morgan fingerprint density at radius 2 is 2.23 bits per heavy atom. The van der Waals surface area contributed by atoms with Crippen molar-refractivity contribution in [2.24, 2.45) is 0 Å². The van der Waals surface area contributed by atoms with Crippen molar-refractivity contribution in [3.8, 4) is 5.75 Å². The van der Waals surface area contributed by atoms with Gasteiger partial charge in [-0.25, -0.2) is 0 Å². The number of rotatable bonds is 2. The van der Waals surface area contributed by atoms with Gasteiger partial charge in [-0.2, -0.15) is 0 Å². The van der Waals surface area contributed by atoms with E-state index in [1.807, 2.05) is 0 Å². The molecule has 1 rings (SSSR count). The Hall–Kier alpha value is -0.540. The summed E-state index contributed by atoms with van der Waals surface area (Å²) in [6.07, 6.45) is 0. The maximum absolute atomic E-state index is 11.1. The molecule has 0 atom stereocenters. The van der Waals surface area contributed by atoms with E-state index < -0.39 is 0 Å². The van der Waals surface area contributed by atoms with Crippen molar-refractivity contribution in [2.45, 2.75) is 12.3 Å². The van der Waals surface area contributed by atoms with Crippen molar-refractivity contribution in [2.75, 3.05) is 0 Å². The second-order valence-electron chi connectivity index (χ2n) is 2.65. The predicted molar refractivity (Wildman–Crippen MR) is 55.8 cm³/mol. The number of phenols is 1. The van der Waals surface area contributed by atoms with Crippen molar-refractivity contribution in [1.29, 1.82) is 0 Å². The first-order valence-electron chi connectivity index (χ1n) is 3.64. The number of benzene rings is 1. The summed E-state index contributed by atoms with van der Waals surface area (Å²) < 4.78 is 0. The van der Waals surface area contributed by atoms with Gasteiger partial charge in [0.25, 0.3) is 0 Å². The monoisotopic (exact) mass is 262 g/mol. The molecule has 0 unspecified atom stereocenters. The number of ketones is 1. The lowest BCUT2D eigenvalue weighted by Gasteiger charge is -2.05. The lowest BCUT2D eigenvalue weighted by molar-refractivity contribution is 0.101. The third-order valence-electron chi connectivity index (χ3n) is 1.68. The van der Waals surface area contributed by atoms with Gasteiger partial charge >= 0.3 is 0 Å². The van der Waals surface area contributed by atoms with Crippen LogP contribution in [0.2, 0.25) is 5.02 Å². The molecule has 70 valence electrons. The average molecular weight is 264 g/mol. The maximum atomic E-state index is 11.1. The predicted octanol–water partition coefficient (Wildman–Crippen LogP) is 3.14. The smallest absolute Gasteiger partial charge is 0.163 e. The summed E-state index contributed by atoms with van der Waals surface area (Å²) in [6, 6.07) is 3.09. The van der Waals surface area contributed by atoms with E-state index in [2.05, 4.69) is 15.9 Å². The lowest BCUT2D eigenvalue weighted by Crippen LogP contribution is -1.95. The molecule has 1 aromatic carbocycles. The number of Topliss-reactive ketones (excluding diaryl/α,β-unsaturated/α-hetero) is 1. The average Bonchev–Trinajstić information content (AvgIpc) is 2.08. The number of alkyl halides is 1. The Morgan fingerprint density at radius 1 is 1.62 bits per heavy atom. The van der Waals surface area contributed by atoms with Crippen LogP contribution in [0.3, 0.4) is 0 Å². The van der Waals surface area contributed by atoms with Crippen molar-refractivity contribution < 1.29 is 9.90 Å². The molecule has 0 radical (unpaired) electrons. The van der Waals surface area contributed by atoms with E-state index >= 15 is 0 Å². The van der Waals surface area contributed by atoms with E-state index in [0.29, 0.717) is 15.9 Å². The first-order chi connectivity index (χ1) is 6.06. The fourth-order valence-corrected chi connectivity index (χ4v) is 1.69. The molecular formula is C9H8BrClO2. The molecule has 4 heteroatoms. The van der Waals surface area contributed by atoms with Gasteiger partial charge in [0.05, 0.1) is 5.56 Å². The molecule has 0 aliphatic rings. The topological polar surface area (TPSA) is 37.3 Å². The third-order valence-corrected chi connectivity index (χ3v) is 2.50. The van der Waals surface area contributed by atoms with Gasteiger partial charge in [-0.3, -0.25) is 4.79 Å². The molecule has 1 N–H and O–H groups in total. The lowest BCUT2D eigenvalue weighted by atomic mass is 10.1. The first-order valence-corrected chi connectivity index (χ1v) is 5.14. The number of carbonyl (C=O) groups excluding carboxylic acids is 1. The molecule has 0 fully saturated rings. The molecular weight excluding hydrogens is 255 g/mol. The number of halogens is 2. The molecule has 0 saturated carbocycles. The second kappa shape index (κ2) is 4.11. The molecule has 0 aromatic heterocycles. The highest BCUT2D eigenvalue weighted by atomic mass is 79.9. The summed E-state index contributed by atoms with van der Waals surface area (Å²) in [7, 11) is 0. The number of aromatic hydroxyl groups is 1. The van der Waals surface area contributed by atoms with Gasteiger partial charge in [0.15, 0.2) is 5.78 Å². The van der Waals surface area contributed by atoms with Gasteiger partial charge in [0.2, 0.25) is 0 Å². The summed E-state index contributed by atoms with van der Waals surface area (Å²) >= 11 is 8.96. The zero-order valence-corrected chi connectivity index (χ0v) is 9.32. The molecule has 0 bridgehead atoms. The van der Waals surface area contributed by atoms with Crippen molar-refractivity contribution >= 4 is 33.3 Å². The Morgan fingerprint density at radius 3 is 2.69 bits per heavy atom. The van der Waals surface area contributed by atoms with E-state index in [1.165, 1.54) is 13.0 Å². The second-order valence-corrected chi connectivity index (χ2v) is 3.65. The summed E-state index contributed by atoms with van der Waals surface area (Å²) in [4.78, 5) is 11.1.